The zero-order valence-corrected chi connectivity index (χ0v) is 9.36. The van der Waals surface area contributed by atoms with Crippen LogP contribution in [0.4, 0.5) is 0 Å². The van der Waals surface area contributed by atoms with Crippen LogP contribution in [0.5, 0.6) is 0 Å². The fourth-order valence-corrected chi connectivity index (χ4v) is 6.65. The zero-order valence-electron chi connectivity index (χ0n) is 9.36. The van der Waals surface area contributed by atoms with Crippen LogP contribution in [-0.2, 0) is 0 Å². The van der Waals surface area contributed by atoms with E-state index >= 15 is 0 Å². The van der Waals surface area contributed by atoms with E-state index in [1.165, 1.54) is 11.8 Å². The van der Waals surface area contributed by atoms with E-state index in [0.29, 0.717) is 0 Å². The fourth-order valence-electron chi connectivity index (χ4n) is 6.65. The van der Waals surface area contributed by atoms with Crippen LogP contribution in [-0.4, -0.2) is 0 Å². The second-order valence-corrected chi connectivity index (χ2v) is 7.11. The highest BCUT2D eigenvalue weighted by molar-refractivity contribution is 5.29. The van der Waals surface area contributed by atoms with Gasteiger partial charge in [-0.15, -0.1) is 0 Å². The number of fused-ring (bicyclic) bond motifs is 5. The molecule has 4 fully saturated rings. The fraction of sp³-hybridized carbons (Fsp3) is 0.867. The lowest BCUT2D eigenvalue weighted by atomic mass is 9.49. The van der Waals surface area contributed by atoms with Crippen molar-refractivity contribution in [3.05, 3.63) is 12.2 Å². The van der Waals surface area contributed by atoms with Gasteiger partial charge in [-0.3, -0.25) is 0 Å². The molecule has 0 aromatic rings. The van der Waals surface area contributed by atoms with Gasteiger partial charge in [0.1, 0.15) is 0 Å². The van der Waals surface area contributed by atoms with Crippen LogP contribution in [0.2, 0.25) is 0 Å². The Bertz CT molecular complexity index is 355. The Morgan fingerprint density at radius 3 is 2.87 bits per heavy atom. The minimum absolute atomic E-state index is 0.753. The summed E-state index contributed by atoms with van der Waals surface area (Å²) < 4.78 is 0. The minimum atomic E-state index is 0.753. The summed E-state index contributed by atoms with van der Waals surface area (Å²) in [4.78, 5) is 0. The molecule has 4 saturated carbocycles. The Kier molecular flexibility index (Phi) is 1.17. The molecular formula is C15H20. The molecule has 7 atom stereocenters. The molecule has 6 aliphatic carbocycles. The topological polar surface area (TPSA) is 0 Å². The van der Waals surface area contributed by atoms with Gasteiger partial charge in [0.15, 0.2) is 0 Å². The first-order valence-electron chi connectivity index (χ1n) is 7.07. The van der Waals surface area contributed by atoms with E-state index in [1.807, 2.05) is 0 Å². The molecule has 15 heavy (non-hydrogen) atoms. The lowest BCUT2D eigenvalue weighted by Gasteiger charge is -2.55. The molecule has 1 spiro atoms. The van der Waals surface area contributed by atoms with Crippen molar-refractivity contribution in [3.63, 3.8) is 0 Å². The molecule has 80 valence electrons. The van der Waals surface area contributed by atoms with E-state index in [0.717, 1.165) is 29.1 Å². The summed E-state index contributed by atoms with van der Waals surface area (Å²) in [5.74, 6) is 6.79. The van der Waals surface area contributed by atoms with Crippen LogP contribution in [0.1, 0.15) is 38.5 Å². The highest BCUT2D eigenvalue weighted by Crippen LogP contribution is 2.74. The van der Waals surface area contributed by atoms with Gasteiger partial charge in [-0.1, -0.05) is 18.6 Å². The van der Waals surface area contributed by atoms with Crippen molar-refractivity contribution >= 4 is 0 Å². The van der Waals surface area contributed by atoms with E-state index < -0.39 is 0 Å². The third-order valence-corrected chi connectivity index (χ3v) is 6.87. The summed E-state index contributed by atoms with van der Waals surface area (Å²) in [5, 5.41) is 0. The first-order chi connectivity index (χ1) is 7.37. The van der Waals surface area contributed by atoms with Gasteiger partial charge < -0.3 is 0 Å². The quantitative estimate of drug-likeness (QED) is 0.524. The number of rotatable bonds is 0. The summed E-state index contributed by atoms with van der Waals surface area (Å²) >= 11 is 0. The Hall–Kier alpha value is -0.260. The molecular weight excluding hydrogens is 180 g/mol. The molecule has 0 N–H and O–H groups in total. The molecule has 0 aromatic heterocycles. The Labute approximate surface area is 92.1 Å². The van der Waals surface area contributed by atoms with Crippen molar-refractivity contribution in [2.24, 2.45) is 40.9 Å². The lowest BCUT2D eigenvalue weighted by molar-refractivity contribution is -0.0450. The van der Waals surface area contributed by atoms with Gasteiger partial charge in [-0.05, 0) is 73.0 Å². The molecule has 0 heterocycles. The van der Waals surface area contributed by atoms with Gasteiger partial charge in [0.2, 0.25) is 0 Å². The van der Waals surface area contributed by atoms with Gasteiger partial charge in [0.05, 0.1) is 0 Å². The standard InChI is InChI=1S/C15H20/c1-2-11-10-6-13(12(11)3-1)14-9-4-5-15(14,7-9)8-10/h4-5,9-14H,1-3,6-8H2. The van der Waals surface area contributed by atoms with Crippen molar-refractivity contribution in [1.29, 1.82) is 0 Å². The summed E-state index contributed by atoms with van der Waals surface area (Å²) in [7, 11) is 0. The van der Waals surface area contributed by atoms with E-state index in [9.17, 15) is 0 Å². The highest BCUT2D eigenvalue weighted by atomic mass is 14.7. The van der Waals surface area contributed by atoms with Crippen molar-refractivity contribution in [3.8, 4) is 0 Å². The first kappa shape index (κ1) is 7.92. The smallest absolute Gasteiger partial charge is 0.00731 e. The monoisotopic (exact) mass is 200 g/mol. The average Bonchev–Trinajstić information content (AvgIpc) is 2.90. The van der Waals surface area contributed by atoms with Gasteiger partial charge >= 0.3 is 0 Å². The largest absolute Gasteiger partial charge is 0.0845 e. The SMILES string of the molecule is C1=CC23CC1C2C1CC(C3)C2CCCC21. The molecule has 0 aromatic carbocycles. The second-order valence-electron chi connectivity index (χ2n) is 7.11. The van der Waals surface area contributed by atoms with E-state index in [2.05, 4.69) is 12.2 Å². The maximum atomic E-state index is 2.64. The summed E-state index contributed by atoms with van der Waals surface area (Å²) in [6, 6.07) is 0. The number of hydrogen-bond donors (Lipinski definition) is 0. The Morgan fingerprint density at radius 1 is 1.00 bits per heavy atom. The molecule has 0 amide bonds. The third-order valence-electron chi connectivity index (χ3n) is 6.87. The summed E-state index contributed by atoms with van der Waals surface area (Å²) in [6.07, 6.45) is 14.7. The Morgan fingerprint density at radius 2 is 1.93 bits per heavy atom. The molecule has 6 rings (SSSR count). The van der Waals surface area contributed by atoms with Crippen molar-refractivity contribution < 1.29 is 0 Å². The van der Waals surface area contributed by atoms with Gasteiger partial charge in [-0.2, -0.15) is 0 Å². The molecule has 0 saturated heterocycles. The molecule has 4 bridgehead atoms. The average molecular weight is 200 g/mol. The lowest BCUT2D eigenvalue weighted by Crippen LogP contribution is -2.49. The number of allylic oxidation sites excluding steroid dienone is 2. The normalized spacial score (nSPS) is 67.7. The van der Waals surface area contributed by atoms with Crippen LogP contribution in [0.15, 0.2) is 12.2 Å². The predicted molar refractivity (Wildman–Crippen MR) is 60.2 cm³/mol. The first-order valence-corrected chi connectivity index (χ1v) is 7.07. The van der Waals surface area contributed by atoms with E-state index in [-0.39, 0.29) is 0 Å². The van der Waals surface area contributed by atoms with Crippen molar-refractivity contribution in [2.75, 3.05) is 0 Å². The maximum Gasteiger partial charge on any atom is -0.00731 e. The molecule has 7 unspecified atom stereocenters. The van der Waals surface area contributed by atoms with E-state index in [1.54, 1.807) is 38.5 Å². The predicted octanol–water partition coefficient (Wildman–Crippen LogP) is 3.63. The van der Waals surface area contributed by atoms with Gasteiger partial charge in [-0.25, -0.2) is 0 Å². The minimum Gasteiger partial charge on any atom is -0.0845 e. The molecule has 6 aliphatic rings. The van der Waals surface area contributed by atoms with Crippen molar-refractivity contribution in [2.45, 2.75) is 38.5 Å². The van der Waals surface area contributed by atoms with Gasteiger partial charge in [0, 0.05) is 0 Å². The highest BCUT2D eigenvalue weighted by Gasteiger charge is 2.66. The third kappa shape index (κ3) is 0.707. The Balaban J connectivity index is 1.62. The summed E-state index contributed by atoms with van der Waals surface area (Å²) in [6.45, 7) is 0. The van der Waals surface area contributed by atoms with Crippen LogP contribution in [0.3, 0.4) is 0 Å². The van der Waals surface area contributed by atoms with Crippen LogP contribution >= 0.6 is 0 Å². The molecule has 0 heteroatoms. The van der Waals surface area contributed by atoms with Crippen molar-refractivity contribution in [1.82, 2.24) is 0 Å². The van der Waals surface area contributed by atoms with E-state index in [4.69, 9.17) is 0 Å². The zero-order chi connectivity index (χ0) is 9.62. The number of hydrogen-bond acceptors (Lipinski definition) is 0. The molecule has 0 nitrogen and oxygen atoms in total. The van der Waals surface area contributed by atoms with Crippen LogP contribution < -0.4 is 0 Å². The molecule has 0 aliphatic heterocycles. The maximum absolute atomic E-state index is 2.64. The second kappa shape index (κ2) is 2.21. The summed E-state index contributed by atoms with van der Waals surface area (Å²) in [5.41, 5.74) is 0.753. The van der Waals surface area contributed by atoms with Crippen LogP contribution in [0, 0.1) is 40.9 Å². The van der Waals surface area contributed by atoms with Gasteiger partial charge in [0.25, 0.3) is 0 Å². The van der Waals surface area contributed by atoms with Crippen LogP contribution in [0.25, 0.3) is 0 Å². The molecule has 0 radical (unpaired) electrons.